The second-order valence-corrected chi connectivity index (χ2v) is 3.76. The largest absolute Gasteiger partial charge is 0.312 e. The lowest BCUT2D eigenvalue weighted by molar-refractivity contribution is 0.643. The van der Waals surface area contributed by atoms with Crippen molar-refractivity contribution in [3.05, 3.63) is 33.8 Å². The van der Waals surface area contributed by atoms with E-state index in [0.717, 1.165) is 19.5 Å². The third kappa shape index (κ3) is 2.00. The maximum absolute atomic E-state index is 3.47. The van der Waals surface area contributed by atoms with E-state index in [9.17, 15) is 0 Å². The van der Waals surface area contributed by atoms with E-state index in [0.29, 0.717) is 0 Å². The molecule has 1 aromatic rings. The smallest absolute Gasteiger partial charge is 0.0208 e. The third-order valence-corrected chi connectivity index (χ3v) is 2.55. The SMILES string of the molecule is Brc1ccc2c(c1)CCNC2.Cl. The van der Waals surface area contributed by atoms with Crippen molar-refractivity contribution in [2.45, 2.75) is 13.0 Å². The van der Waals surface area contributed by atoms with Crippen molar-refractivity contribution in [3.8, 4) is 0 Å². The number of rotatable bonds is 0. The van der Waals surface area contributed by atoms with Crippen LogP contribution in [0.5, 0.6) is 0 Å². The molecule has 0 fully saturated rings. The van der Waals surface area contributed by atoms with Crippen molar-refractivity contribution in [2.24, 2.45) is 0 Å². The Morgan fingerprint density at radius 3 is 2.92 bits per heavy atom. The van der Waals surface area contributed by atoms with Gasteiger partial charge in [0, 0.05) is 11.0 Å². The Morgan fingerprint density at radius 2 is 2.08 bits per heavy atom. The highest BCUT2D eigenvalue weighted by molar-refractivity contribution is 9.10. The molecule has 1 heterocycles. The first-order chi connectivity index (χ1) is 5.36. The molecule has 1 N–H and O–H groups in total. The number of fused-ring (bicyclic) bond motifs is 1. The molecule has 0 atom stereocenters. The lowest BCUT2D eigenvalue weighted by Crippen LogP contribution is -2.23. The van der Waals surface area contributed by atoms with Crippen LogP contribution >= 0.6 is 28.3 Å². The highest BCUT2D eigenvalue weighted by Gasteiger charge is 2.07. The summed E-state index contributed by atoms with van der Waals surface area (Å²) in [5.41, 5.74) is 2.93. The van der Waals surface area contributed by atoms with Gasteiger partial charge in [0.2, 0.25) is 0 Å². The van der Waals surface area contributed by atoms with Crippen molar-refractivity contribution in [1.29, 1.82) is 0 Å². The summed E-state index contributed by atoms with van der Waals surface area (Å²) in [6.07, 6.45) is 1.16. The lowest BCUT2D eigenvalue weighted by atomic mass is 10.0. The van der Waals surface area contributed by atoms with Crippen LogP contribution in [-0.2, 0) is 13.0 Å². The molecule has 0 bridgehead atoms. The van der Waals surface area contributed by atoms with Gasteiger partial charge < -0.3 is 5.32 Å². The van der Waals surface area contributed by atoms with Crippen LogP contribution in [-0.4, -0.2) is 6.54 Å². The van der Waals surface area contributed by atoms with E-state index in [4.69, 9.17) is 0 Å². The van der Waals surface area contributed by atoms with Crippen molar-refractivity contribution in [3.63, 3.8) is 0 Å². The molecule has 1 aliphatic heterocycles. The molecule has 0 amide bonds. The summed E-state index contributed by atoms with van der Waals surface area (Å²) >= 11 is 3.47. The zero-order valence-corrected chi connectivity index (χ0v) is 9.04. The standard InChI is InChI=1S/C9H10BrN.ClH/c10-9-2-1-8-6-11-4-3-7(8)5-9;/h1-2,5,11H,3-4,6H2;1H. The molecule has 66 valence electrons. The molecule has 2 rings (SSSR count). The summed E-state index contributed by atoms with van der Waals surface area (Å²) in [6, 6.07) is 6.51. The second-order valence-electron chi connectivity index (χ2n) is 2.84. The van der Waals surface area contributed by atoms with Gasteiger partial charge >= 0.3 is 0 Å². The number of halogens is 2. The Morgan fingerprint density at radius 1 is 1.25 bits per heavy atom. The topological polar surface area (TPSA) is 12.0 Å². The minimum absolute atomic E-state index is 0. The van der Waals surface area contributed by atoms with Crippen LogP contribution < -0.4 is 5.32 Å². The summed E-state index contributed by atoms with van der Waals surface area (Å²) in [4.78, 5) is 0. The molecular formula is C9H11BrClN. The Kier molecular flexibility index (Phi) is 3.56. The van der Waals surface area contributed by atoms with Gasteiger partial charge in [-0.15, -0.1) is 12.4 Å². The maximum atomic E-state index is 3.47. The average Bonchev–Trinajstić information content (AvgIpc) is 2.04. The molecule has 0 spiro atoms. The van der Waals surface area contributed by atoms with E-state index < -0.39 is 0 Å². The second kappa shape index (κ2) is 4.26. The monoisotopic (exact) mass is 247 g/mol. The van der Waals surface area contributed by atoms with Crippen LogP contribution in [0.2, 0.25) is 0 Å². The quantitative estimate of drug-likeness (QED) is 0.744. The molecule has 1 nitrogen and oxygen atoms in total. The normalized spacial score (nSPS) is 14.8. The Bertz CT molecular complexity index is 275. The van der Waals surface area contributed by atoms with Crippen molar-refractivity contribution < 1.29 is 0 Å². The Balaban J connectivity index is 0.000000720. The van der Waals surface area contributed by atoms with Crippen molar-refractivity contribution in [1.82, 2.24) is 5.32 Å². The van der Waals surface area contributed by atoms with Crippen LogP contribution in [0.3, 0.4) is 0 Å². The minimum Gasteiger partial charge on any atom is -0.312 e. The van der Waals surface area contributed by atoms with Gasteiger partial charge in [-0.25, -0.2) is 0 Å². The number of nitrogens with one attached hydrogen (secondary N) is 1. The average molecular weight is 249 g/mol. The van der Waals surface area contributed by atoms with Gasteiger partial charge in [-0.2, -0.15) is 0 Å². The first-order valence-electron chi connectivity index (χ1n) is 3.84. The summed E-state index contributed by atoms with van der Waals surface area (Å²) in [6.45, 7) is 2.14. The van der Waals surface area contributed by atoms with Gasteiger partial charge in [0.05, 0.1) is 0 Å². The van der Waals surface area contributed by atoms with Gasteiger partial charge in [0.15, 0.2) is 0 Å². The molecule has 1 aromatic carbocycles. The molecule has 12 heavy (non-hydrogen) atoms. The van der Waals surface area contributed by atoms with Gasteiger partial charge in [0.1, 0.15) is 0 Å². The van der Waals surface area contributed by atoms with Crippen LogP contribution in [0.4, 0.5) is 0 Å². The molecule has 0 aromatic heterocycles. The molecule has 0 aliphatic carbocycles. The van der Waals surface area contributed by atoms with Crippen LogP contribution in [0, 0.1) is 0 Å². The maximum Gasteiger partial charge on any atom is 0.0208 e. The predicted molar refractivity (Wildman–Crippen MR) is 56.8 cm³/mol. The van der Waals surface area contributed by atoms with Crippen LogP contribution in [0.15, 0.2) is 22.7 Å². The minimum atomic E-state index is 0. The number of hydrogen-bond donors (Lipinski definition) is 1. The molecule has 1 aliphatic rings. The van der Waals surface area contributed by atoms with E-state index in [-0.39, 0.29) is 12.4 Å². The summed E-state index contributed by atoms with van der Waals surface area (Å²) in [5, 5.41) is 3.35. The van der Waals surface area contributed by atoms with Gasteiger partial charge in [-0.05, 0) is 36.2 Å². The van der Waals surface area contributed by atoms with Gasteiger partial charge in [-0.3, -0.25) is 0 Å². The fraction of sp³-hybridized carbons (Fsp3) is 0.333. The lowest BCUT2D eigenvalue weighted by Gasteiger charge is -2.16. The van der Waals surface area contributed by atoms with E-state index in [1.165, 1.54) is 15.6 Å². The van der Waals surface area contributed by atoms with Crippen LogP contribution in [0.1, 0.15) is 11.1 Å². The van der Waals surface area contributed by atoms with Gasteiger partial charge in [-0.1, -0.05) is 22.0 Å². The molecule has 0 radical (unpaired) electrons. The first-order valence-corrected chi connectivity index (χ1v) is 4.63. The van der Waals surface area contributed by atoms with E-state index in [1.54, 1.807) is 0 Å². The van der Waals surface area contributed by atoms with Crippen molar-refractivity contribution in [2.75, 3.05) is 6.54 Å². The zero-order chi connectivity index (χ0) is 7.68. The van der Waals surface area contributed by atoms with Gasteiger partial charge in [0.25, 0.3) is 0 Å². The zero-order valence-electron chi connectivity index (χ0n) is 6.64. The number of hydrogen-bond acceptors (Lipinski definition) is 1. The van der Waals surface area contributed by atoms with E-state index in [1.807, 2.05) is 0 Å². The fourth-order valence-electron chi connectivity index (χ4n) is 1.45. The van der Waals surface area contributed by atoms with Crippen molar-refractivity contribution >= 4 is 28.3 Å². The van der Waals surface area contributed by atoms with Crippen LogP contribution in [0.25, 0.3) is 0 Å². The predicted octanol–water partition coefficient (Wildman–Crippen LogP) is 2.52. The summed E-state index contributed by atoms with van der Waals surface area (Å²) < 4.78 is 1.19. The number of benzene rings is 1. The third-order valence-electron chi connectivity index (χ3n) is 2.05. The molecule has 0 unspecified atom stereocenters. The fourth-order valence-corrected chi connectivity index (χ4v) is 1.85. The first kappa shape index (κ1) is 10.0. The summed E-state index contributed by atoms with van der Waals surface area (Å²) in [5.74, 6) is 0. The molecular weight excluding hydrogens is 237 g/mol. The Labute approximate surface area is 87.1 Å². The summed E-state index contributed by atoms with van der Waals surface area (Å²) in [7, 11) is 0. The Hall–Kier alpha value is -0.0500. The highest BCUT2D eigenvalue weighted by atomic mass is 79.9. The molecule has 0 saturated carbocycles. The molecule has 0 saturated heterocycles. The van der Waals surface area contributed by atoms with E-state index in [2.05, 4.69) is 39.4 Å². The molecule has 3 heteroatoms. The highest BCUT2D eigenvalue weighted by Crippen LogP contribution is 2.18. The van der Waals surface area contributed by atoms with E-state index >= 15 is 0 Å².